The molecule has 0 N–H and O–H groups in total. The van der Waals surface area contributed by atoms with Gasteiger partial charge in [0.2, 0.25) is 5.91 Å². The number of benzene rings is 1. The molecule has 1 saturated heterocycles. The van der Waals surface area contributed by atoms with Gasteiger partial charge in [-0.2, -0.15) is 0 Å². The Morgan fingerprint density at radius 2 is 1.68 bits per heavy atom. The molecule has 22 heavy (non-hydrogen) atoms. The Bertz CT molecular complexity index is 528. The number of carbonyl (C=O) groups is 2. The standard InChI is InChI=1S/C15H18Cl2N2O3/c1-11(22-13-4-2-12(17)3-5-13)15(21)19-8-6-18(7-9-19)14(20)10-16/h2-5,11H,6-10H2,1H3. The van der Waals surface area contributed by atoms with Crippen LogP contribution in [-0.2, 0) is 9.59 Å². The molecule has 1 heterocycles. The van der Waals surface area contributed by atoms with Gasteiger partial charge in [-0.05, 0) is 31.2 Å². The van der Waals surface area contributed by atoms with E-state index in [1.54, 1.807) is 41.0 Å². The van der Waals surface area contributed by atoms with Gasteiger partial charge >= 0.3 is 0 Å². The Balaban J connectivity index is 1.86. The second kappa shape index (κ2) is 7.70. The summed E-state index contributed by atoms with van der Waals surface area (Å²) in [4.78, 5) is 27.2. The fourth-order valence-electron chi connectivity index (χ4n) is 2.29. The van der Waals surface area contributed by atoms with Gasteiger partial charge in [-0.25, -0.2) is 0 Å². The van der Waals surface area contributed by atoms with Crippen LogP contribution in [0.15, 0.2) is 24.3 Å². The van der Waals surface area contributed by atoms with Gasteiger partial charge < -0.3 is 14.5 Å². The maximum atomic E-state index is 12.4. The van der Waals surface area contributed by atoms with Crippen LogP contribution >= 0.6 is 23.2 Å². The molecule has 120 valence electrons. The van der Waals surface area contributed by atoms with Crippen molar-refractivity contribution in [2.24, 2.45) is 0 Å². The third-order valence-electron chi connectivity index (χ3n) is 3.53. The monoisotopic (exact) mass is 344 g/mol. The van der Waals surface area contributed by atoms with E-state index < -0.39 is 6.10 Å². The lowest BCUT2D eigenvalue weighted by Crippen LogP contribution is -2.53. The summed E-state index contributed by atoms with van der Waals surface area (Å²) in [5.74, 6) is 0.387. The molecule has 1 unspecified atom stereocenters. The minimum atomic E-state index is -0.587. The summed E-state index contributed by atoms with van der Waals surface area (Å²) < 4.78 is 5.63. The van der Waals surface area contributed by atoms with Gasteiger partial charge in [0.25, 0.3) is 5.91 Å². The molecule has 7 heteroatoms. The van der Waals surface area contributed by atoms with E-state index in [1.165, 1.54) is 0 Å². The Labute approximate surface area is 139 Å². The molecule has 1 atom stereocenters. The number of alkyl halides is 1. The van der Waals surface area contributed by atoms with E-state index in [-0.39, 0.29) is 17.7 Å². The van der Waals surface area contributed by atoms with Gasteiger partial charge in [-0.15, -0.1) is 11.6 Å². The van der Waals surface area contributed by atoms with Crippen molar-refractivity contribution in [3.8, 4) is 5.75 Å². The highest BCUT2D eigenvalue weighted by Gasteiger charge is 2.27. The van der Waals surface area contributed by atoms with Crippen molar-refractivity contribution in [2.75, 3.05) is 32.1 Å². The molecule has 0 aliphatic carbocycles. The van der Waals surface area contributed by atoms with Crippen LogP contribution < -0.4 is 4.74 Å². The second-order valence-corrected chi connectivity index (χ2v) is 5.76. The first kappa shape index (κ1) is 16.9. The number of halogens is 2. The molecule has 2 rings (SSSR count). The molecule has 1 aromatic rings. The molecule has 0 bridgehead atoms. The van der Waals surface area contributed by atoms with Crippen LogP contribution in [0.25, 0.3) is 0 Å². The number of nitrogens with zero attached hydrogens (tertiary/aromatic N) is 2. The Kier molecular flexibility index (Phi) is 5.91. The lowest BCUT2D eigenvalue weighted by Gasteiger charge is -2.35. The quantitative estimate of drug-likeness (QED) is 0.785. The molecular formula is C15H18Cl2N2O3. The van der Waals surface area contributed by atoms with Crippen LogP contribution in [0.2, 0.25) is 5.02 Å². The van der Waals surface area contributed by atoms with E-state index in [0.717, 1.165) is 0 Å². The van der Waals surface area contributed by atoms with Gasteiger partial charge in [0.1, 0.15) is 11.6 Å². The normalized spacial score (nSPS) is 16.3. The third-order valence-corrected chi connectivity index (χ3v) is 4.01. The zero-order valence-electron chi connectivity index (χ0n) is 12.3. The molecule has 2 amide bonds. The number of hydrogen-bond acceptors (Lipinski definition) is 3. The van der Waals surface area contributed by atoms with Crippen LogP contribution in [0.5, 0.6) is 5.75 Å². The predicted octanol–water partition coefficient (Wildman–Crippen LogP) is 2.02. The number of hydrogen-bond donors (Lipinski definition) is 0. The van der Waals surface area contributed by atoms with Crippen LogP contribution in [0.4, 0.5) is 0 Å². The maximum Gasteiger partial charge on any atom is 0.263 e. The molecule has 1 fully saturated rings. The van der Waals surface area contributed by atoms with E-state index in [1.807, 2.05) is 0 Å². The fourth-order valence-corrected chi connectivity index (χ4v) is 2.58. The summed E-state index contributed by atoms with van der Waals surface area (Å²) >= 11 is 11.3. The average molecular weight is 345 g/mol. The van der Waals surface area contributed by atoms with Crippen LogP contribution in [0.3, 0.4) is 0 Å². The highest BCUT2D eigenvalue weighted by molar-refractivity contribution is 6.30. The summed E-state index contributed by atoms with van der Waals surface area (Å²) in [6.07, 6.45) is -0.587. The molecule has 0 spiro atoms. The topological polar surface area (TPSA) is 49.9 Å². The van der Waals surface area contributed by atoms with Crippen LogP contribution in [0, 0.1) is 0 Å². The van der Waals surface area contributed by atoms with E-state index in [9.17, 15) is 9.59 Å². The Morgan fingerprint density at radius 3 is 2.23 bits per heavy atom. The molecule has 0 aromatic heterocycles. The minimum Gasteiger partial charge on any atom is -0.481 e. The highest BCUT2D eigenvalue weighted by Crippen LogP contribution is 2.17. The first-order chi connectivity index (χ1) is 10.5. The molecule has 0 saturated carbocycles. The second-order valence-electron chi connectivity index (χ2n) is 5.05. The van der Waals surface area contributed by atoms with Crippen molar-refractivity contribution in [1.82, 2.24) is 9.80 Å². The third kappa shape index (κ3) is 4.27. The van der Waals surface area contributed by atoms with Crippen molar-refractivity contribution in [1.29, 1.82) is 0 Å². The Morgan fingerprint density at radius 1 is 1.14 bits per heavy atom. The summed E-state index contributed by atoms with van der Waals surface area (Å²) in [6.45, 7) is 3.72. The molecule has 1 aromatic carbocycles. The van der Waals surface area contributed by atoms with E-state index >= 15 is 0 Å². The smallest absolute Gasteiger partial charge is 0.263 e. The summed E-state index contributed by atoms with van der Waals surface area (Å²) in [6, 6.07) is 6.88. The van der Waals surface area contributed by atoms with Crippen molar-refractivity contribution < 1.29 is 14.3 Å². The van der Waals surface area contributed by atoms with E-state index in [2.05, 4.69) is 0 Å². The van der Waals surface area contributed by atoms with Gasteiger partial charge in [-0.1, -0.05) is 11.6 Å². The maximum absolute atomic E-state index is 12.4. The highest BCUT2D eigenvalue weighted by atomic mass is 35.5. The molecule has 5 nitrogen and oxygen atoms in total. The van der Waals surface area contributed by atoms with Crippen molar-refractivity contribution in [3.63, 3.8) is 0 Å². The number of carbonyl (C=O) groups excluding carboxylic acids is 2. The summed E-state index contributed by atoms with van der Waals surface area (Å²) in [7, 11) is 0. The summed E-state index contributed by atoms with van der Waals surface area (Å²) in [5.41, 5.74) is 0. The Hall–Kier alpha value is -1.46. The molecule has 1 aliphatic rings. The number of rotatable bonds is 4. The van der Waals surface area contributed by atoms with Crippen molar-refractivity contribution >= 4 is 35.0 Å². The SMILES string of the molecule is CC(Oc1ccc(Cl)cc1)C(=O)N1CCN(C(=O)CCl)CC1. The van der Waals surface area contributed by atoms with Crippen LogP contribution in [0.1, 0.15) is 6.92 Å². The minimum absolute atomic E-state index is 0.0238. The first-order valence-electron chi connectivity index (χ1n) is 7.06. The van der Waals surface area contributed by atoms with E-state index in [0.29, 0.717) is 37.0 Å². The van der Waals surface area contributed by atoms with Crippen LogP contribution in [-0.4, -0.2) is 59.8 Å². The van der Waals surface area contributed by atoms with Crippen molar-refractivity contribution in [3.05, 3.63) is 29.3 Å². The zero-order valence-corrected chi connectivity index (χ0v) is 13.8. The number of ether oxygens (including phenoxy) is 1. The summed E-state index contributed by atoms with van der Waals surface area (Å²) in [5, 5.41) is 0.617. The van der Waals surface area contributed by atoms with Gasteiger partial charge in [0.05, 0.1) is 0 Å². The first-order valence-corrected chi connectivity index (χ1v) is 7.97. The van der Waals surface area contributed by atoms with E-state index in [4.69, 9.17) is 27.9 Å². The molecular weight excluding hydrogens is 327 g/mol. The van der Waals surface area contributed by atoms with Gasteiger partial charge in [0, 0.05) is 31.2 Å². The number of amides is 2. The van der Waals surface area contributed by atoms with Gasteiger partial charge in [-0.3, -0.25) is 9.59 Å². The lowest BCUT2D eigenvalue weighted by molar-refractivity contribution is -0.143. The van der Waals surface area contributed by atoms with Crippen molar-refractivity contribution in [2.45, 2.75) is 13.0 Å². The average Bonchev–Trinajstić information content (AvgIpc) is 2.55. The predicted molar refractivity (Wildman–Crippen MR) is 85.4 cm³/mol. The molecule has 0 radical (unpaired) electrons. The largest absolute Gasteiger partial charge is 0.481 e. The van der Waals surface area contributed by atoms with Gasteiger partial charge in [0.15, 0.2) is 6.10 Å². The lowest BCUT2D eigenvalue weighted by atomic mass is 10.2. The molecule has 1 aliphatic heterocycles. The fraction of sp³-hybridized carbons (Fsp3) is 0.467. The number of piperazine rings is 1. The zero-order chi connectivity index (χ0) is 16.1.